The van der Waals surface area contributed by atoms with Crippen LogP contribution in [0.3, 0.4) is 0 Å². The van der Waals surface area contributed by atoms with E-state index in [-0.39, 0.29) is 0 Å². The van der Waals surface area contributed by atoms with Crippen molar-refractivity contribution < 1.29 is 4.74 Å². The maximum Gasteiger partial charge on any atom is 0.222 e. The number of anilines is 1. The first-order chi connectivity index (χ1) is 8.24. The zero-order chi connectivity index (χ0) is 12.3. The highest BCUT2D eigenvalue weighted by Crippen LogP contribution is 2.29. The summed E-state index contributed by atoms with van der Waals surface area (Å²) in [6, 6.07) is 5.57. The van der Waals surface area contributed by atoms with Gasteiger partial charge in [-0.2, -0.15) is 0 Å². The predicted octanol–water partition coefficient (Wildman–Crippen LogP) is 2.85. The summed E-state index contributed by atoms with van der Waals surface area (Å²) in [6.45, 7) is 0. The third-order valence-corrected chi connectivity index (χ3v) is 2.66. The Morgan fingerprint density at radius 3 is 2.41 bits per heavy atom. The van der Waals surface area contributed by atoms with Gasteiger partial charge in [0.05, 0.1) is 12.1 Å². The highest BCUT2D eigenvalue weighted by molar-refractivity contribution is 6.32. The monoisotopic (exact) mass is 249 g/mol. The minimum atomic E-state index is 0.572. The van der Waals surface area contributed by atoms with Gasteiger partial charge in [0.25, 0.3) is 0 Å². The van der Waals surface area contributed by atoms with Gasteiger partial charge in [-0.15, -0.1) is 0 Å². The smallest absolute Gasteiger partial charge is 0.222 e. The van der Waals surface area contributed by atoms with Crippen molar-refractivity contribution in [2.24, 2.45) is 0 Å². The van der Waals surface area contributed by atoms with Gasteiger partial charge in [0, 0.05) is 25.0 Å². The van der Waals surface area contributed by atoms with Gasteiger partial charge in [-0.05, 0) is 17.7 Å². The van der Waals surface area contributed by atoms with Crippen LogP contribution in [0.1, 0.15) is 0 Å². The summed E-state index contributed by atoms with van der Waals surface area (Å²) in [4.78, 5) is 8.30. The first-order valence-electron chi connectivity index (χ1n) is 5.08. The van der Waals surface area contributed by atoms with Crippen LogP contribution in [0.4, 0.5) is 5.95 Å². The van der Waals surface area contributed by atoms with E-state index in [2.05, 4.69) is 15.3 Å². The largest absolute Gasteiger partial charge is 0.495 e. The molecule has 0 aliphatic carbocycles. The maximum atomic E-state index is 6.06. The summed E-state index contributed by atoms with van der Waals surface area (Å²) in [7, 11) is 3.37. The fraction of sp³-hybridized carbons (Fsp3) is 0.167. The lowest BCUT2D eigenvalue weighted by atomic mass is 10.1. The molecule has 0 saturated carbocycles. The first kappa shape index (κ1) is 11.7. The molecule has 17 heavy (non-hydrogen) atoms. The number of rotatable bonds is 3. The van der Waals surface area contributed by atoms with Crippen molar-refractivity contribution in [1.82, 2.24) is 9.97 Å². The van der Waals surface area contributed by atoms with Crippen LogP contribution in [-0.4, -0.2) is 24.1 Å². The SMILES string of the molecule is CNc1ncc(-c2ccc(OC)c(Cl)c2)cn1. The molecule has 0 atom stereocenters. The molecule has 0 amide bonds. The Morgan fingerprint density at radius 2 is 1.88 bits per heavy atom. The highest BCUT2D eigenvalue weighted by atomic mass is 35.5. The minimum Gasteiger partial charge on any atom is -0.495 e. The molecule has 88 valence electrons. The Hall–Kier alpha value is -1.81. The van der Waals surface area contributed by atoms with Gasteiger partial charge in [-0.3, -0.25) is 0 Å². The molecule has 5 heteroatoms. The van der Waals surface area contributed by atoms with Gasteiger partial charge in [0.1, 0.15) is 5.75 Å². The Morgan fingerprint density at radius 1 is 1.18 bits per heavy atom. The lowest BCUT2D eigenvalue weighted by molar-refractivity contribution is 0.415. The summed E-state index contributed by atoms with van der Waals surface area (Å²) >= 11 is 6.06. The molecule has 0 spiro atoms. The second-order valence-electron chi connectivity index (χ2n) is 3.39. The van der Waals surface area contributed by atoms with Crippen molar-refractivity contribution in [1.29, 1.82) is 0 Å². The van der Waals surface area contributed by atoms with E-state index in [4.69, 9.17) is 16.3 Å². The molecule has 1 aromatic carbocycles. The van der Waals surface area contributed by atoms with Crippen LogP contribution < -0.4 is 10.1 Å². The van der Waals surface area contributed by atoms with Crippen LogP contribution >= 0.6 is 11.6 Å². The van der Waals surface area contributed by atoms with Crippen molar-refractivity contribution >= 4 is 17.5 Å². The van der Waals surface area contributed by atoms with Crippen LogP contribution in [0.2, 0.25) is 5.02 Å². The van der Waals surface area contributed by atoms with E-state index in [0.29, 0.717) is 16.7 Å². The van der Waals surface area contributed by atoms with Crippen molar-refractivity contribution in [3.8, 4) is 16.9 Å². The van der Waals surface area contributed by atoms with Crippen LogP contribution in [0.5, 0.6) is 5.75 Å². The summed E-state index contributed by atoms with van der Waals surface area (Å²) in [5.41, 5.74) is 1.87. The molecule has 0 unspecified atom stereocenters. The van der Waals surface area contributed by atoms with E-state index in [1.807, 2.05) is 18.2 Å². The first-order valence-corrected chi connectivity index (χ1v) is 5.46. The zero-order valence-electron chi connectivity index (χ0n) is 9.57. The van der Waals surface area contributed by atoms with Crippen molar-refractivity contribution in [3.63, 3.8) is 0 Å². The number of ether oxygens (including phenoxy) is 1. The van der Waals surface area contributed by atoms with Gasteiger partial charge in [0.2, 0.25) is 5.95 Å². The number of halogens is 1. The molecular formula is C12H12ClN3O. The Labute approximate surface area is 105 Å². The molecule has 0 fully saturated rings. The van der Waals surface area contributed by atoms with Crippen LogP contribution in [-0.2, 0) is 0 Å². The third-order valence-electron chi connectivity index (χ3n) is 2.36. The number of benzene rings is 1. The predicted molar refractivity (Wildman–Crippen MR) is 68.6 cm³/mol. The molecule has 1 N–H and O–H groups in total. The standard InChI is InChI=1S/C12H12ClN3O/c1-14-12-15-6-9(7-16-12)8-3-4-11(17-2)10(13)5-8/h3-7H,1-2H3,(H,14,15,16). The average Bonchev–Trinajstić information content (AvgIpc) is 2.39. The van der Waals surface area contributed by atoms with Crippen LogP contribution in [0.25, 0.3) is 11.1 Å². The minimum absolute atomic E-state index is 0.572. The lowest BCUT2D eigenvalue weighted by Gasteiger charge is -2.06. The van der Waals surface area contributed by atoms with E-state index in [0.717, 1.165) is 11.1 Å². The Kier molecular flexibility index (Phi) is 3.44. The van der Waals surface area contributed by atoms with Gasteiger partial charge < -0.3 is 10.1 Å². The highest BCUT2D eigenvalue weighted by Gasteiger charge is 2.04. The quantitative estimate of drug-likeness (QED) is 0.909. The molecule has 0 radical (unpaired) electrons. The molecule has 2 aromatic rings. The van der Waals surface area contributed by atoms with E-state index in [9.17, 15) is 0 Å². The van der Waals surface area contributed by atoms with Crippen LogP contribution in [0.15, 0.2) is 30.6 Å². The van der Waals surface area contributed by atoms with Gasteiger partial charge in [0.15, 0.2) is 0 Å². The molecule has 0 aliphatic rings. The van der Waals surface area contributed by atoms with Crippen molar-refractivity contribution in [2.75, 3.05) is 19.5 Å². The van der Waals surface area contributed by atoms with Crippen molar-refractivity contribution in [2.45, 2.75) is 0 Å². The summed E-state index contributed by atoms with van der Waals surface area (Å²) in [5.74, 6) is 1.25. The maximum absolute atomic E-state index is 6.06. The second-order valence-corrected chi connectivity index (χ2v) is 3.80. The number of aromatic nitrogens is 2. The molecule has 1 heterocycles. The number of hydrogen-bond acceptors (Lipinski definition) is 4. The molecule has 4 nitrogen and oxygen atoms in total. The van der Waals surface area contributed by atoms with E-state index >= 15 is 0 Å². The lowest BCUT2D eigenvalue weighted by Crippen LogP contribution is -1.95. The number of nitrogens with one attached hydrogen (secondary N) is 1. The van der Waals surface area contributed by atoms with E-state index in [1.165, 1.54) is 0 Å². The average molecular weight is 250 g/mol. The molecule has 1 aromatic heterocycles. The molecule has 2 rings (SSSR count). The number of hydrogen-bond donors (Lipinski definition) is 1. The molecule has 0 aliphatic heterocycles. The topological polar surface area (TPSA) is 47.0 Å². The summed E-state index contributed by atoms with van der Waals surface area (Å²) < 4.78 is 5.10. The van der Waals surface area contributed by atoms with Crippen LogP contribution in [0, 0.1) is 0 Å². The second kappa shape index (κ2) is 5.01. The Balaban J connectivity index is 2.35. The molecule has 0 saturated heterocycles. The third kappa shape index (κ3) is 2.47. The fourth-order valence-corrected chi connectivity index (χ4v) is 1.71. The van der Waals surface area contributed by atoms with Gasteiger partial charge in [-0.1, -0.05) is 17.7 Å². The number of nitrogens with zero attached hydrogens (tertiary/aromatic N) is 2. The normalized spacial score (nSPS) is 10.1. The molecular weight excluding hydrogens is 238 g/mol. The molecule has 0 bridgehead atoms. The van der Waals surface area contributed by atoms with E-state index < -0.39 is 0 Å². The zero-order valence-corrected chi connectivity index (χ0v) is 10.3. The Bertz CT molecular complexity index is 514. The van der Waals surface area contributed by atoms with E-state index in [1.54, 1.807) is 26.6 Å². The number of methoxy groups -OCH3 is 1. The summed E-state index contributed by atoms with van der Waals surface area (Å²) in [6.07, 6.45) is 3.49. The van der Waals surface area contributed by atoms with Crippen molar-refractivity contribution in [3.05, 3.63) is 35.6 Å². The van der Waals surface area contributed by atoms with Gasteiger partial charge in [-0.25, -0.2) is 9.97 Å². The van der Waals surface area contributed by atoms with Gasteiger partial charge >= 0.3 is 0 Å². The summed E-state index contributed by atoms with van der Waals surface area (Å²) in [5, 5.41) is 3.44. The fourth-order valence-electron chi connectivity index (χ4n) is 1.45.